The first-order valence-electron chi connectivity index (χ1n) is 9.13. The van der Waals surface area contributed by atoms with Crippen LogP contribution in [-0.2, 0) is 11.8 Å². The van der Waals surface area contributed by atoms with E-state index >= 15 is 0 Å². The first-order chi connectivity index (χ1) is 12.2. The summed E-state index contributed by atoms with van der Waals surface area (Å²) in [6, 6.07) is 10.8. The number of thiazole rings is 1. The van der Waals surface area contributed by atoms with Gasteiger partial charge >= 0.3 is 0 Å². The van der Waals surface area contributed by atoms with Crippen molar-refractivity contribution in [1.29, 1.82) is 0 Å². The lowest BCUT2D eigenvalue weighted by Crippen LogP contribution is -2.41. The zero-order valence-corrected chi connectivity index (χ0v) is 16.0. The van der Waals surface area contributed by atoms with Gasteiger partial charge in [0.15, 0.2) is 5.96 Å². The number of aromatic nitrogens is 1. The second kappa shape index (κ2) is 8.48. The Bertz CT molecular complexity index is 689. The molecule has 1 aromatic carbocycles. The molecule has 25 heavy (non-hydrogen) atoms. The number of benzene rings is 1. The number of hydrogen-bond donors (Lipinski definition) is 2. The number of rotatable bonds is 8. The summed E-state index contributed by atoms with van der Waals surface area (Å²) in [6.07, 6.45) is 5.87. The summed E-state index contributed by atoms with van der Waals surface area (Å²) in [5.41, 5.74) is 2.88. The van der Waals surface area contributed by atoms with E-state index in [1.807, 2.05) is 7.05 Å². The van der Waals surface area contributed by atoms with Crippen molar-refractivity contribution in [3.63, 3.8) is 0 Å². The van der Waals surface area contributed by atoms with Crippen molar-refractivity contribution >= 4 is 17.3 Å². The molecule has 0 saturated heterocycles. The summed E-state index contributed by atoms with van der Waals surface area (Å²) in [5.74, 6) is 0.910. The lowest BCUT2D eigenvalue weighted by atomic mass is 9.96. The van der Waals surface area contributed by atoms with Gasteiger partial charge in [0, 0.05) is 36.6 Å². The Hall–Kier alpha value is -1.88. The number of nitrogens with one attached hydrogen (secondary N) is 2. The van der Waals surface area contributed by atoms with Crippen molar-refractivity contribution in [1.82, 2.24) is 15.6 Å². The highest BCUT2D eigenvalue weighted by atomic mass is 32.1. The van der Waals surface area contributed by atoms with E-state index in [9.17, 15) is 0 Å². The maximum atomic E-state index is 4.51. The Kier molecular flexibility index (Phi) is 6.08. The molecule has 0 spiro atoms. The molecule has 134 valence electrons. The molecule has 1 heterocycles. The molecule has 3 rings (SSSR count). The molecule has 0 radical (unpaired) electrons. The van der Waals surface area contributed by atoms with Crippen LogP contribution in [0.25, 0.3) is 0 Å². The third-order valence-corrected chi connectivity index (χ3v) is 5.86. The predicted molar refractivity (Wildman–Crippen MR) is 107 cm³/mol. The van der Waals surface area contributed by atoms with Gasteiger partial charge in [-0.2, -0.15) is 0 Å². The maximum absolute atomic E-state index is 4.51. The molecule has 1 aliphatic rings. The van der Waals surface area contributed by atoms with Crippen molar-refractivity contribution in [2.24, 2.45) is 4.99 Å². The molecule has 1 aliphatic carbocycles. The van der Waals surface area contributed by atoms with Crippen LogP contribution in [-0.4, -0.2) is 31.1 Å². The van der Waals surface area contributed by atoms with Gasteiger partial charge in [-0.25, -0.2) is 4.98 Å². The van der Waals surface area contributed by atoms with Crippen LogP contribution in [0.15, 0.2) is 40.7 Å². The van der Waals surface area contributed by atoms with Crippen molar-refractivity contribution in [3.05, 3.63) is 52.0 Å². The summed E-state index contributed by atoms with van der Waals surface area (Å²) < 4.78 is 0. The monoisotopic (exact) mass is 356 g/mol. The second-order valence-corrected chi connectivity index (χ2v) is 7.78. The normalized spacial score (nSPS) is 15.8. The topological polar surface area (TPSA) is 49.3 Å². The van der Waals surface area contributed by atoms with Gasteiger partial charge in [0.2, 0.25) is 0 Å². The van der Waals surface area contributed by atoms with Crippen molar-refractivity contribution in [2.45, 2.75) is 44.4 Å². The largest absolute Gasteiger partial charge is 0.356 e. The predicted octanol–water partition coefficient (Wildman–Crippen LogP) is 3.67. The molecule has 0 aliphatic heterocycles. The number of aliphatic imine (C=N–C) groups is 1. The molecule has 1 saturated carbocycles. The van der Waals surface area contributed by atoms with E-state index in [0.717, 1.165) is 44.0 Å². The standard InChI is InChI=1S/C20H28N4S/c1-16-14-25-18(24-16)10-6-7-13-22-19(21-2)23-15-20(11-12-20)17-8-4-3-5-9-17/h3-5,8-9,14H,6-7,10-13,15H2,1-2H3,(H2,21,22,23). The van der Waals surface area contributed by atoms with Crippen LogP contribution in [0.2, 0.25) is 0 Å². The van der Waals surface area contributed by atoms with Gasteiger partial charge in [0.25, 0.3) is 0 Å². The SMILES string of the molecule is CN=C(NCCCCc1nc(C)cs1)NCC1(c2ccccc2)CC1. The number of nitrogens with zero attached hydrogens (tertiary/aromatic N) is 2. The van der Waals surface area contributed by atoms with Gasteiger partial charge in [0.1, 0.15) is 0 Å². The highest BCUT2D eigenvalue weighted by molar-refractivity contribution is 7.09. The Morgan fingerprint density at radius 1 is 1.20 bits per heavy atom. The van der Waals surface area contributed by atoms with E-state index < -0.39 is 0 Å². The van der Waals surface area contributed by atoms with Gasteiger partial charge in [-0.1, -0.05) is 30.3 Å². The minimum absolute atomic E-state index is 0.307. The van der Waals surface area contributed by atoms with Crippen molar-refractivity contribution in [3.8, 4) is 0 Å². The fraction of sp³-hybridized carbons (Fsp3) is 0.500. The van der Waals surface area contributed by atoms with Crippen LogP contribution in [0, 0.1) is 6.92 Å². The number of aryl methyl sites for hydroxylation is 2. The van der Waals surface area contributed by atoms with E-state index in [0.29, 0.717) is 5.41 Å². The van der Waals surface area contributed by atoms with Crippen LogP contribution >= 0.6 is 11.3 Å². The molecule has 2 aromatic rings. The van der Waals surface area contributed by atoms with Crippen LogP contribution in [0.3, 0.4) is 0 Å². The van der Waals surface area contributed by atoms with Gasteiger partial charge in [-0.05, 0) is 44.6 Å². The minimum atomic E-state index is 0.307. The molecule has 1 fully saturated rings. The van der Waals surface area contributed by atoms with Gasteiger partial charge < -0.3 is 10.6 Å². The Balaban J connectivity index is 1.36. The van der Waals surface area contributed by atoms with Gasteiger partial charge in [-0.3, -0.25) is 4.99 Å². The molecule has 0 unspecified atom stereocenters. The number of hydrogen-bond acceptors (Lipinski definition) is 3. The first-order valence-corrected chi connectivity index (χ1v) is 10.0. The highest BCUT2D eigenvalue weighted by Crippen LogP contribution is 2.47. The molecule has 1 aromatic heterocycles. The van der Waals surface area contributed by atoms with E-state index in [-0.39, 0.29) is 0 Å². The summed E-state index contributed by atoms with van der Waals surface area (Å²) in [4.78, 5) is 8.87. The Labute approximate surface area is 154 Å². The van der Waals surface area contributed by atoms with E-state index in [4.69, 9.17) is 0 Å². The minimum Gasteiger partial charge on any atom is -0.356 e. The van der Waals surface area contributed by atoms with Crippen LogP contribution in [0.4, 0.5) is 0 Å². The van der Waals surface area contributed by atoms with Crippen molar-refractivity contribution in [2.75, 3.05) is 20.1 Å². The zero-order valence-electron chi connectivity index (χ0n) is 15.2. The average Bonchev–Trinajstić information content (AvgIpc) is 3.33. The van der Waals surface area contributed by atoms with Gasteiger partial charge in [-0.15, -0.1) is 11.3 Å². The number of unbranched alkanes of at least 4 members (excludes halogenated alkanes) is 1. The van der Waals surface area contributed by atoms with Crippen molar-refractivity contribution < 1.29 is 0 Å². The summed E-state index contributed by atoms with van der Waals surface area (Å²) >= 11 is 1.77. The number of guanidine groups is 1. The second-order valence-electron chi connectivity index (χ2n) is 6.84. The fourth-order valence-corrected chi connectivity index (χ4v) is 3.93. The zero-order chi connectivity index (χ0) is 17.5. The third-order valence-electron chi connectivity index (χ3n) is 4.83. The first kappa shape index (κ1) is 17.9. The lowest BCUT2D eigenvalue weighted by molar-refractivity contribution is 0.636. The third kappa shape index (κ3) is 5.05. The molecule has 0 atom stereocenters. The fourth-order valence-electron chi connectivity index (χ4n) is 3.11. The summed E-state index contributed by atoms with van der Waals surface area (Å²) in [7, 11) is 1.84. The summed E-state index contributed by atoms with van der Waals surface area (Å²) in [6.45, 7) is 3.96. The van der Waals surface area contributed by atoms with E-state index in [1.54, 1.807) is 11.3 Å². The molecule has 0 amide bonds. The quantitative estimate of drug-likeness (QED) is 0.431. The smallest absolute Gasteiger partial charge is 0.191 e. The Morgan fingerprint density at radius 3 is 2.64 bits per heavy atom. The molecule has 0 bridgehead atoms. The lowest BCUT2D eigenvalue weighted by Gasteiger charge is -2.19. The summed E-state index contributed by atoms with van der Waals surface area (Å²) in [5, 5.41) is 10.3. The van der Waals surface area contributed by atoms with Gasteiger partial charge in [0.05, 0.1) is 5.01 Å². The molecule has 5 heteroatoms. The maximum Gasteiger partial charge on any atom is 0.191 e. The highest BCUT2D eigenvalue weighted by Gasteiger charge is 2.43. The Morgan fingerprint density at radius 2 is 2.00 bits per heavy atom. The van der Waals surface area contributed by atoms with Crippen LogP contribution in [0.5, 0.6) is 0 Å². The molecular formula is C20H28N4S. The molecule has 2 N–H and O–H groups in total. The average molecular weight is 357 g/mol. The van der Waals surface area contributed by atoms with Crippen LogP contribution < -0.4 is 10.6 Å². The molecule has 4 nitrogen and oxygen atoms in total. The molecular weight excluding hydrogens is 328 g/mol. The van der Waals surface area contributed by atoms with Crippen LogP contribution in [0.1, 0.15) is 41.9 Å². The van der Waals surface area contributed by atoms with E-state index in [1.165, 1.54) is 23.4 Å². The van der Waals surface area contributed by atoms with E-state index in [2.05, 4.69) is 63.2 Å².